The van der Waals surface area contributed by atoms with Gasteiger partial charge in [-0.2, -0.15) is 0 Å². The second-order valence-electron chi connectivity index (χ2n) is 9.15. The Kier molecular flexibility index (Phi) is 4.82. The van der Waals surface area contributed by atoms with Gasteiger partial charge in [-0.15, -0.1) is 0 Å². The lowest BCUT2D eigenvalue weighted by molar-refractivity contribution is 0.112. The van der Waals surface area contributed by atoms with E-state index < -0.39 is 8.07 Å². The fourth-order valence-electron chi connectivity index (χ4n) is 4.79. The maximum Gasteiger partial charge on any atom is 0.150 e. The van der Waals surface area contributed by atoms with Gasteiger partial charge >= 0.3 is 0 Å². The fourth-order valence-corrected chi connectivity index (χ4v) is 5.82. The monoisotopic (exact) mass is 399 g/mol. The molecule has 2 aromatic carbocycles. The lowest BCUT2D eigenvalue weighted by Gasteiger charge is -2.30. The summed E-state index contributed by atoms with van der Waals surface area (Å²) in [5.41, 5.74) is 8.36. The molecular weight excluding hydrogens is 370 g/mol. The molecule has 0 amide bonds. The van der Waals surface area contributed by atoms with Gasteiger partial charge in [-0.1, -0.05) is 63.8 Å². The Labute approximate surface area is 175 Å². The molecule has 0 spiro atoms. The number of hydrogen-bond acceptors (Lipinski definition) is 2. The van der Waals surface area contributed by atoms with E-state index in [9.17, 15) is 4.79 Å². The van der Waals surface area contributed by atoms with Crippen LogP contribution in [0.25, 0.3) is 22.3 Å². The highest BCUT2D eigenvalue weighted by Gasteiger charge is 2.40. The van der Waals surface area contributed by atoms with Gasteiger partial charge in [-0.05, 0) is 64.4 Å². The van der Waals surface area contributed by atoms with Gasteiger partial charge in [0.25, 0.3) is 0 Å². The molecule has 148 valence electrons. The van der Waals surface area contributed by atoms with Gasteiger partial charge in [-0.3, -0.25) is 9.78 Å². The maximum absolute atomic E-state index is 11.4. The molecule has 0 bridgehead atoms. The van der Waals surface area contributed by atoms with Gasteiger partial charge in [0, 0.05) is 22.5 Å². The highest BCUT2D eigenvalue weighted by atomic mass is 28.3. The van der Waals surface area contributed by atoms with Crippen LogP contribution < -0.4 is 5.32 Å². The van der Waals surface area contributed by atoms with Gasteiger partial charge < -0.3 is 0 Å². The number of aldehydes is 1. The second kappa shape index (κ2) is 7.07. The lowest BCUT2D eigenvalue weighted by Crippen LogP contribution is -2.39. The molecule has 3 heteroatoms. The number of rotatable bonds is 5. The lowest BCUT2D eigenvalue weighted by atomic mass is 9.73. The molecule has 4 rings (SSSR count). The van der Waals surface area contributed by atoms with Crippen molar-refractivity contribution >= 4 is 19.7 Å². The quantitative estimate of drug-likeness (QED) is 0.378. The normalized spacial score (nSPS) is 14.4. The summed E-state index contributed by atoms with van der Waals surface area (Å²) in [6.45, 7) is 11.5. The van der Waals surface area contributed by atoms with Gasteiger partial charge in [-0.25, -0.2) is 0 Å². The molecule has 29 heavy (non-hydrogen) atoms. The number of pyridine rings is 1. The van der Waals surface area contributed by atoms with Crippen molar-refractivity contribution in [2.45, 2.75) is 51.7 Å². The van der Waals surface area contributed by atoms with Crippen LogP contribution in [0.5, 0.6) is 0 Å². The Morgan fingerprint density at radius 1 is 0.862 bits per heavy atom. The molecule has 1 aromatic heterocycles. The minimum absolute atomic E-state index is 0.0363. The Balaban J connectivity index is 1.85. The third kappa shape index (κ3) is 3.08. The van der Waals surface area contributed by atoms with E-state index >= 15 is 0 Å². The van der Waals surface area contributed by atoms with Crippen LogP contribution in [0.2, 0.25) is 19.6 Å². The molecule has 3 aromatic rings. The summed E-state index contributed by atoms with van der Waals surface area (Å²) in [6, 6.07) is 17.4. The van der Waals surface area contributed by atoms with Gasteiger partial charge in [0.05, 0.1) is 0 Å². The third-order valence-corrected chi connectivity index (χ3v) is 8.43. The summed E-state index contributed by atoms with van der Waals surface area (Å²) in [6.07, 6.45) is 5.02. The van der Waals surface area contributed by atoms with E-state index in [4.69, 9.17) is 4.98 Å². The van der Waals surface area contributed by atoms with Crippen LogP contribution in [-0.2, 0) is 5.41 Å². The van der Waals surface area contributed by atoms with Gasteiger partial charge in [0.1, 0.15) is 14.4 Å². The molecule has 1 aliphatic rings. The summed E-state index contributed by atoms with van der Waals surface area (Å²) >= 11 is 0. The molecule has 0 fully saturated rings. The minimum Gasteiger partial charge on any atom is -0.298 e. The number of carbonyl (C=O) groups is 1. The van der Waals surface area contributed by atoms with Crippen LogP contribution in [0.3, 0.4) is 0 Å². The second-order valence-corrected chi connectivity index (χ2v) is 14.2. The first-order valence-electron chi connectivity index (χ1n) is 10.6. The van der Waals surface area contributed by atoms with Crippen molar-refractivity contribution in [3.05, 3.63) is 71.4 Å². The van der Waals surface area contributed by atoms with E-state index in [1.807, 2.05) is 12.3 Å². The molecule has 0 saturated carbocycles. The van der Waals surface area contributed by atoms with E-state index in [-0.39, 0.29) is 5.41 Å². The van der Waals surface area contributed by atoms with Crippen LogP contribution >= 0.6 is 0 Å². The predicted octanol–water partition coefficient (Wildman–Crippen LogP) is 6.19. The van der Waals surface area contributed by atoms with E-state index in [1.165, 1.54) is 38.7 Å². The van der Waals surface area contributed by atoms with Gasteiger partial charge in [0.2, 0.25) is 0 Å². The largest absolute Gasteiger partial charge is 0.298 e. The van der Waals surface area contributed by atoms with Crippen molar-refractivity contribution in [1.82, 2.24) is 4.98 Å². The molecule has 0 saturated heterocycles. The molecular formula is C26H29NOSi. The number of fused-ring (bicyclic) bond motifs is 3. The standard InChI is InChI=1S/C26H29NOSi/c1-6-26(7-2)23-14-18(17-28)8-11-21(23)22-12-9-19(15-24(22)26)20-10-13-25(27-16-20)29(3,4)5/h8-17H,6-7H2,1-5H3. The van der Waals surface area contributed by atoms with E-state index in [0.717, 1.165) is 24.7 Å². The van der Waals surface area contributed by atoms with Crippen LogP contribution in [0.4, 0.5) is 0 Å². The topological polar surface area (TPSA) is 30.0 Å². The molecule has 1 aliphatic carbocycles. The summed E-state index contributed by atoms with van der Waals surface area (Å²) < 4.78 is 0. The molecule has 0 radical (unpaired) electrons. The van der Waals surface area contributed by atoms with Crippen molar-refractivity contribution in [3.63, 3.8) is 0 Å². The first-order valence-corrected chi connectivity index (χ1v) is 14.1. The predicted molar refractivity (Wildman–Crippen MR) is 125 cm³/mol. The van der Waals surface area contributed by atoms with Crippen molar-refractivity contribution < 1.29 is 4.79 Å². The van der Waals surface area contributed by atoms with Gasteiger partial charge in [0.15, 0.2) is 0 Å². The molecule has 2 nitrogen and oxygen atoms in total. The Morgan fingerprint density at radius 2 is 1.48 bits per heavy atom. The fraction of sp³-hybridized carbons (Fsp3) is 0.308. The average Bonchev–Trinajstić information content (AvgIpc) is 3.01. The highest BCUT2D eigenvalue weighted by molar-refractivity contribution is 6.88. The smallest absolute Gasteiger partial charge is 0.150 e. The van der Waals surface area contributed by atoms with Crippen LogP contribution in [0.15, 0.2) is 54.7 Å². The highest BCUT2D eigenvalue weighted by Crippen LogP contribution is 2.53. The zero-order valence-corrected chi connectivity index (χ0v) is 19.0. The summed E-state index contributed by atoms with van der Waals surface area (Å²) in [5.74, 6) is 0. The summed E-state index contributed by atoms with van der Waals surface area (Å²) in [4.78, 5) is 16.2. The Morgan fingerprint density at radius 3 is 2.03 bits per heavy atom. The number of benzene rings is 2. The molecule has 0 N–H and O–H groups in total. The van der Waals surface area contributed by atoms with Crippen LogP contribution in [-0.4, -0.2) is 19.3 Å². The zero-order chi connectivity index (χ0) is 20.8. The first kappa shape index (κ1) is 19.8. The first-order chi connectivity index (χ1) is 13.8. The maximum atomic E-state index is 11.4. The van der Waals surface area contributed by atoms with Crippen molar-refractivity contribution in [2.24, 2.45) is 0 Å². The minimum atomic E-state index is -1.40. The molecule has 1 heterocycles. The summed E-state index contributed by atoms with van der Waals surface area (Å²) in [5, 5.41) is 1.24. The summed E-state index contributed by atoms with van der Waals surface area (Å²) in [7, 11) is -1.40. The van der Waals surface area contributed by atoms with E-state index in [2.05, 4.69) is 76.0 Å². The number of aromatic nitrogens is 1. The van der Waals surface area contributed by atoms with Crippen molar-refractivity contribution in [1.29, 1.82) is 0 Å². The van der Waals surface area contributed by atoms with Crippen LogP contribution in [0, 0.1) is 0 Å². The number of carbonyl (C=O) groups excluding carboxylic acids is 1. The van der Waals surface area contributed by atoms with E-state index in [0.29, 0.717) is 0 Å². The van der Waals surface area contributed by atoms with Crippen molar-refractivity contribution in [2.75, 3.05) is 0 Å². The average molecular weight is 400 g/mol. The number of nitrogens with zero attached hydrogens (tertiary/aromatic N) is 1. The van der Waals surface area contributed by atoms with E-state index in [1.54, 1.807) is 0 Å². The molecule has 0 atom stereocenters. The molecule has 0 aliphatic heterocycles. The molecule has 0 unspecified atom stereocenters. The van der Waals surface area contributed by atoms with Crippen LogP contribution in [0.1, 0.15) is 48.2 Å². The zero-order valence-electron chi connectivity index (χ0n) is 18.0. The van der Waals surface area contributed by atoms with Crippen molar-refractivity contribution in [3.8, 4) is 22.3 Å². The Bertz CT molecular complexity index is 1070. The SMILES string of the molecule is CCC1(CC)c2cc(C=O)ccc2-c2ccc(-c3ccc([Si](C)(C)C)nc3)cc21. The Hall–Kier alpha value is -2.52. The third-order valence-electron chi connectivity index (χ3n) is 6.59. The number of hydrogen-bond donors (Lipinski definition) is 0.